The molecule has 0 radical (unpaired) electrons. The van der Waals surface area contributed by atoms with Gasteiger partial charge in [0, 0.05) is 24.5 Å². The third-order valence-corrected chi connectivity index (χ3v) is 5.25. The van der Waals surface area contributed by atoms with Crippen molar-refractivity contribution in [2.75, 3.05) is 13.1 Å². The number of rotatable bonds is 1. The number of nitrogens with one attached hydrogen (secondary N) is 2. The maximum absolute atomic E-state index is 14.0. The summed E-state index contributed by atoms with van der Waals surface area (Å²) in [6.45, 7) is 1.06. The Morgan fingerprint density at radius 1 is 1.20 bits per heavy atom. The largest absolute Gasteiger partial charge is 0.354 e. The number of piperidine rings is 1. The second kappa shape index (κ2) is 5.68. The number of hydrogen-bond acceptors (Lipinski definition) is 3. The summed E-state index contributed by atoms with van der Waals surface area (Å²) in [6, 6.07) is 5.39. The maximum Gasteiger partial charge on any atom is 0.271 e. The smallest absolute Gasteiger partial charge is 0.271 e. The molecule has 2 aliphatic heterocycles. The summed E-state index contributed by atoms with van der Waals surface area (Å²) in [5, 5.41) is 3.03. The Kier molecular flexibility index (Phi) is 3.59. The number of halogens is 1. The summed E-state index contributed by atoms with van der Waals surface area (Å²) >= 11 is 0. The van der Waals surface area contributed by atoms with Crippen molar-refractivity contribution in [2.45, 2.75) is 31.2 Å². The molecule has 2 amide bonds. The number of H-pyrrole nitrogens is 1. The normalized spacial score (nSPS) is 23.2. The first kappa shape index (κ1) is 15.8. The lowest BCUT2D eigenvalue weighted by Gasteiger charge is -2.40. The summed E-state index contributed by atoms with van der Waals surface area (Å²) in [5.41, 5.74) is -1.24. The van der Waals surface area contributed by atoms with Crippen LogP contribution < -0.4 is 10.7 Å². The summed E-state index contributed by atoms with van der Waals surface area (Å²) in [5.74, 6) is -1.16. The van der Waals surface area contributed by atoms with E-state index >= 15 is 0 Å². The Labute approximate surface area is 143 Å². The summed E-state index contributed by atoms with van der Waals surface area (Å²) in [4.78, 5) is 42.0. The van der Waals surface area contributed by atoms with Crippen molar-refractivity contribution >= 4 is 22.7 Å². The van der Waals surface area contributed by atoms with Gasteiger partial charge in [0.15, 0.2) is 5.43 Å². The first-order valence-electron chi connectivity index (χ1n) is 8.45. The number of para-hydroxylation sites is 1. The standard InChI is InChI=1S/C18H18FN3O3/c19-12-5-1-4-11-14(23)10-13(21-15(11)12)16(24)22-9-3-7-18(22)6-2-8-20-17(18)25/h1,4-5,10H,2-3,6-9H2,(H,20,25)(H,21,23). The van der Waals surface area contributed by atoms with E-state index in [1.165, 1.54) is 24.3 Å². The summed E-state index contributed by atoms with van der Waals surface area (Å²) in [7, 11) is 0. The van der Waals surface area contributed by atoms with Crippen LogP contribution in [0.1, 0.15) is 36.2 Å². The maximum atomic E-state index is 14.0. The van der Waals surface area contributed by atoms with Gasteiger partial charge in [0.05, 0.1) is 5.52 Å². The molecule has 6 nitrogen and oxygen atoms in total. The minimum Gasteiger partial charge on any atom is -0.354 e. The molecular weight excluding hydrogens is 325 g/mol. The van der Waals surface area contributed by atoms with Crippen LogP contribution in [0, 0.1) is 5.82 Å². The minimum atomic E-state index is -0.851. The predicted molar refractivity (Wildman–Crippen MR) is 89.8 cm³/mol. The van der Waals surface area contributed by atoms with E-state index in [1.54, 1.807) is 4.90 Å². The van der Waals surface area contributed by atoms with Gasteiger partial charge in [-0.15, -0.1) is 0 Å². The molecule has 0 aliphatic carbocycles. The molecule has 1 unspecified atom stereocenters. The van der Waals surface area contributed by atoms with Crippen molar-refractivity contribution in [2.24, 2.45) is 0 Å². The SMILES string of the molecule is O=C(c1cc(=O)c2cccc(F)c2[nH]1)N1CCCC12CCCNC2=O. The van der Waals surface area contributed by atoms with Gasteiger partial charge in [-0.3, -0.25) is 14.4 Å². The molecule has 2 N–H and O–H groups in total. The zero-order chi connectivity index (χ0) is 17.6. The number of fused-ring (bicyclic) bond motifs is 1. The van der Waals surface area contributed by atoms with Crippen LogP contribution in [0.25, 0.3) is 10.9 Å². The van der Waals surface area contributed by atoms with Crippen molar-refractivity contribution < 1.29 is 14.0 Å². The molecule has 1 aromatic heterocycles. The fourth-order valence-electron chi connectivity index (χ4n) is 4.03. The van der Waals surface area contributed by atoms with Crippen LogP contribution in [0.15, 0.2) is 29.1 Å². The Morgan fingerprint density at radius 3 is 2.80 bits per heavy atom. The highest BCUT2D eigenvalue weighted by Gasteiger charge is 2.50. The minimum absolute atomic E-state index is 0.0136. The summed E-state index contributed by atoms with van der Waals surface area (Å²) in [6.07, 6.45) is 2.75. The van der Waals surface area contributed by atoms with Gasteiger partial charge < -0.3 is 15.2 Å². The average Bonchev–Trinajstić information content (AvgIpc) is 3.02. The van der Waals surface area contributed by atoms with E-state index in [4.69, 9.17) is 0 Å². The third kappa shape index (κ3) is 2.33. The van der Waals surface area contributed by atoms with E-state index in [2.05, 4.69) is 10.3 Å². The molecule has 2 saturated heterocycles. The number of nitrogens with zero attached hydrogens (tertiary/aromatic N) is 1. The van der Waals surface area contributed by atoms with Crippen LogP contribution in [0.3, 0.4) is 0 Å². The molecule has 2 fully saturated rings. The highest BCUT2D eigenvalue weighted by molar-refractivity contribution is 6.00. The highest BCUT2D eigenvalue weighted by atomic mass is 19.1. The van der Waals surface area contributed by atoms with Crippen LogP contribution in [-0.2, 0) is 4.79 Å². The number of aromatic nitrogens is 1. The van der Waals surface area contributed by atoms with Crippen LogP contribution in [0.4, 0.5) is 4.39 Å². The van der Waals surface area contributed by atoms with Crippen molar-refractivity contribution in [1.29, 1.82) is 0 Å². The Hall–Kier alpha value is -2.70. The summed E-state index contributed by atoms with van der Waals surface area (Å²) < 4.78 is 14.0. The van der Waals surface area contributed by atoms with Crippen LogP contribution in [0.5, 0.6) is 0 Å². The van der Waals surface area contributed by atoms with Gasteiger partial charge in [-0.25, -0.2) is 4.39 Å². The van der Waals surface area contributed by atoms with Crippen LogP contribution in [-0.4, -0.2) is 40.3 Å². The molecule has 0 saturated carbocycles. The van der Waals surface area contributed by atoms with E-state index in [0.717, 1.165) is 12.8 Å². The number of hydrogen-bond donors (Lipinski definition) is 2. The Bertz CT molecular complexity index is 939. The molecule has 3 heterocycles. The second-order valence-corrected chi connectivity index (χ2v) is 6.66. The predicted octanol–water partition coefficient (Wildman–Crippen LogP) is 1.55. The number of amides is 2. The number of benzene rings is 1. The molecule has 25 heavy (non-hydrogen) atoms. The molecule has 1 atom stereocenters. The van der Waals surface area contributed by atoms with Gasteiger partial charge in [-0.1, -0.05) is 6.07 Å². The van der Waals surface area contributed by atoms with Crippen molar-refractivity contribution in [3.8, 4) is 0 Å². The lowest BCUT2D eigenvalue weighted by atomic mass is 9.86. The van der Waals surface area contributed by atoms with Crippen molar-refractivity contribution in [3.05, 3.63) is 46.0 Å². The number of likely N-dealkylation sites (tertiary alicyclic amines) is 1. The molecule has 4 rings (SSSR count). The molecule has 1 aromatic carbocycles. The number of pyridine rings is 1. The highest BCUT2D eigenvalue weighted by Crippen LogP contribution is 2.36. The monoisotopic (exact) mass is 343 g/mol. The van der Waals surface area contributed by atoms with Crippen molar-refractivity contribution in [1.82, 2.24) is 15.2 Å². The van der Waals surface area contributed by atoms with Gasteiger partial charge in [0.2, 0.25) is 5.91 Å². The van der Waals surface area contributed by atoms with Gasteiger partial charge >= 0.3 is 0 Å². The molecule has 2 aliphatic rings. The second-order valence-electron chi connectivity index (χ2n) is 6.66. The first-order valence-corrected chi connectivity index (χ1v) is 8.45. The first-order chi connectivity index (χ1) is 12.0. The quantitative estimate of drug-likeness (QED) is 0.824. The molecule has 2 aromatic rings. The number of aromatic amines is 1. The molecular formula is C18H18FN3O3. The molecule has 1 spiro atoms. The fraction of sp³-hybridized carbons (Fsp3) is 0.389. The van der Waals surface area contributed by atoms with E-state index in [0.29, 0.717) is 25.9 Å². The van der Waals surface area contributed by atoms with Crippen LogP contribution >= 0.6 is 0 Å². The topological polar surface area (TPSA) is 82.3 Å². The van der Waals surface area contributed by atoms with E-state index < -0.39 is 22.7 Å². The Balaban J connectivity index is 1.78. The molecule has 7 heteroatoms. The average molecular weight is 343 g/mol. The van der Waals surface area contributed by atoms with Crippen LogP contribution in [0.2, 0.25) is 0 Å². The van der Waals surface area contributed by atoms with E-state index in [-0.39, 0.29) is 22.5 Å². The zero-order valence-electron chi connectivity index (χ0n) is 13.6. The number of carbonyl (C=O) groups is 2. The molecule has 0 bridgehead atoms. The van der Waals surface area contributed by atoms with E-state index in [1.807, 2.05) is 0 Å². The van der Waals surface area contributed by atoms with Crippen molar-refractivity contribution in [3.63, 3.8) is 0 Å². The number of carbonyl (C=O) groups excluding carboxylic acids is 2. The lowest BCUT2D eigenvalue weighted by molar-refractivity contribution is -0.133. The lowest BCUT2D eigenvalue weighted by Crippen LogP contribution is -2.60. The molecule has 130 valence electrons. The van der Waals surface area contributed by atoms with Gasteiger partial charge in [-0.05, 0) is 37.8 Å². The van der Waals surface area contributed by atoms with E-state index in [9.17, 15) is 18.8 Å². The van der Waals surface area contributed by atoms with Gasteiger partial charge in [-0.2, -0.15) is 0 Å². The van der Waals surface area contributed by atoms with Gasteiger partial charge in [0.25, 0.3) is 5.91 Å². The third-order valence-electron chi connectivity index (χ3n) is 5.25. The fourth-order valence-corrected chi connectivity index (χ4v) is 4.03. The van der Waals surface area contributed by atoms with Gasteiger partial charge in [0.1, 0.15) is 17.1 Å². The Morgan fingerprint density at radius 2 is 2.00 bits per heavy atom. The zero-order valence-corrected chi connectivity index (χ0v) is 13.6.